The molecule has 3 heterocycles. The van der Waals surface area contributed by atoms with E-state index in [1.54, 1.807) is 0 Å². The Labute approximate surface area is 251 Å². The molecule has 22 heteroatoms. The fourth-order valence-corrected chi connectivity index (χ4v) is 8.84. The Hall–Kier alpha value is -0.410. The molecule has 18 N–H and O–H groups in total. The Morgan fingerprint density at radius 2 is 0.750 bits per heavy atom. The summed E-state index contributed by atoms with van der Waals surface area (Å²) in [6.07, 6.45) is -18.4. The first-order chi connectivity index (χ1) is 20.2. The van der Waals surface area contributed by atoms with E-state index in [0.29, 0.717) is 0 Å². The van der Waals surface area contributed by atoms with Crippen molar-refractivity contribution in [1.82, 2.24) is 0 Å². The minimum atomic E-state index is -5.90. The summed E-state index contributed by atoms with van der Waals surface area (Å²) in [6, 6.07) is -6.31. The molecule has 262 valence electrons. The number of hydrogen-bond donors (Lipinski definition) is 15. The van der Waals surface area contributed by atoms with Gasteiger partial charge in [-0.1, -0.05) is 0 Å². The molecule has 0 aliphatic carbocycles. The van der Waals surface area contributed by atoms with Gasteiger partial charge in [0.1, 0.15) is 0 Å². The van der Waals surface area contributed by atoms with E-state index in [4.69, 9.17) is 45.0 Å². The second-order valence-electron chi connectivity index (χ2n) is 11.1. The third-order valence-electron chi connectivity index (χ3n) is 8.29. The molecular formula is C22H46N3O18P. The molecule has 3 rings (SSSR count). The summed E-state index contributed by atoms with van der Waals surface area (Å²) in [5.74, 6) is -9.95. The average Bonchev–Trinajstić information content (AvgIpc) is 3.00. The number of aliphatic hydroxyl groups is 12. The van der Waals surface area contributed by atoms with Crippen LogP contribution in [0.5, 0.6) is 0 Å². The van der Waals surface area contributed by atoms with Crippen LogP contribution in [0.15, 0.2) is 0 Å². The molecule has 15 atom stereocenters. The van der Waals surface area contributed by atoms with Crippen molar-refractivity contribution >= 4 is 7.28 Å². The number of nitrogens with two attached hydrogens (primary N) is 3. The van der Waals surface area contributed by atoms with Crippen molar-refractivity contribution in [1.29, 1.82) is 0 Å². The summed E-state index contributed by atoms with van der Waals surface area (Å²) < 4.78 is 33.7. The molecule has 0 amide bonds. The maximum absolute atomic E-state index is 11.6. The van der Waals surface area contributed by atoms with Gasteiger partial charge in [-0.15, -0.1) is 0 Å². The summed E-state index contributed by atoms with van der Waals surface area (Å²) in [6.45, 7) is -0.535. The molecule has 3 saturated heterocycles. The van der Waals surface area contributed by atoms with Crippen LogP contribution in [-0.2, 0) is 27.8 Å². The molecule has 3 aliphatic rings. The van der Waals surface area contributed by atoms with Gasteiger partial charge in [0.15, 0.2) is 0 Å². The monoisotopic (exact) mass is 671 g/mol. The van der Waals surface area contributed by atoms with E-state index in [1.165, 1.54) is 13.8 Å². The molecule has 44 heavy (non-hydrogen) atoms. The van der Waals surface area contributed by atoms with Crippen LogP contribution in [0.2, 0.25) is 0 Å². The first-order valence-electron chi connectivity index (χ1n) is 13.8. The van der Waals surface area contributed by atoms with Crippen molar-refractivity contribution in [2.24, 2.45) is 17.2 Å². The number of rotatable bonds is 11. The molecular weight excluding hydrogens is 625 g/mol. The van der Waals surface area contributed by atoms with Crippen LogP contribution in [0.1, 0.15) is 13.8 Å². The second kappa shape index (κ2) is 13.2. The topological polar surface area (TPSA) is 376 Å². The van der Waals surface area contributed by atoms with Crippen LogP contribution in [0.25, 0.3) is 0 Å². The summed E-state index contributed by atoms with van der Waals surface area (Å²) in [5, 5.41) is 126. The van der Waals surface area contributed by atoms with E-state index in [1.807, 2.05) is 0 Å². The van der Waals surface area contributed by atoms with Gasteiger partial charge in [-0.05, 0) is 0 Å². The zero-order chi connectivity index (χ0) is 33.7. The van der Waals surface area contributed by atoms with Gasteiger partial charge in [0.2, 0.25) is 0 Å². The minimum absolute atomic E-state index is 0.690. The van der Waals surface area contributed by atoms with Crippen LogP contribution >= 0.6 is 7.28 Å². The molecule has 0 aromatic carbocycles. The summed E-state index contributed by atoms with van der Waals surface area (Å²) in [5.41, 5.74) is 17.9. The first kappa shape index (κ1) is 38.0. The van der Waals surface area contributed by atoms with Crippen LogP contribution in [-0.4, -0.2) is 184 Å². The third-order valence-corrected chi connectivity index (χ3v) is 12.7. The van der Waals surface area contributed by atoms with Gasteiger partial charge < -0.3 is 0 Å². The van der Waals surface area contributed by atoms with Crippen molar-refractivity contribution in [2.45, 2.75) is 105 Å². The zero-order valence-electron chi connectivity index (χ0n) is 24.0. The standard InChI is InChI=1S/C22H46N3O18P/c1-3-44(4-2,41-20(35)17(23)14(32)11(29)8(5-26)38-20,42-21(36)18(24)15(33)12(30)9(6-27)39-21)43-22(37)19(25)16(34)13(31)10(7-28)40-22/h8-19,26-37H,3-7,23-25H2,1-2H3/t8-,9-,10-,11+,12+,13+,14+,15+,16+,17-,18-,19-,20?,21?,22?/m1/s1. The molecule has 0 spiro atoms. The fraction of sp³-hybridized carbons (Fsp3) is 1.00. The summed E-state index contributed by atoms with van der Waals surface area (Å²) in [7, 11) is -5.90. The molecule has 0 saturated carbocycles. The van der Waals surface area contributed by atoms with E-state index in [2.05, 4.69) is 0 Å². The zero-order valence-corrected chi connectivity index (χ0v) is 24.9. The Bertz CT molecular complexity index is 868. The Balaban J connectivity index is 2.25. The molecule has 3 aliphatic heterocycles. The normalized spacial score (nSPS) is 49.8. The van der Waals surface area contributed by atoms with E-state index >= 15 is 0 Å². The summed E-state index contributed by atoms with van der Waals surface area (Å²) in [4.78, 5) is 0. The van der Waals surface area contributed by atoms with Crippen LogP contribution < -0.4 is 17.2 Å². The molecule has 3 unspecified atom stereocenters. The van der Waals surface area contributed by atoms with Crippen LogP contribution in [0.4, 0.5) is 0 Å². The van der Waals surface area contributed by atoms with E-state index in [0.717, 1.165) is 0 Å². The van der Waals surface area contributed by atoms with Gasteiger partial charge in [0, 0.05) is 0 Å². The Morgan fingerprint density at radius 3 is 0.932 bits per heavy atom. The summed E-state index contributed by atoms with van der Waals surface area (Å²) >= 11 is 0. The van der Waals surface area contributed by atoms with Gasteiger partial charge in [-0.3, -0.25) is 0 Å². The molecule has 0 aromatic rings. The molecule has 0 radical (unpaired) electrons. The van der Waals surface area contributed by atoms with E-state index < -0.39 is 130 Å². The van der Waals surface area contributed by atoms with Crippen molar-refractivity contribution in [3.63, 3.8) is 0 Å². The van der Waals surface area contributed by atoms with E-state index in [9.17, 15) is 61.3 Å². The van der Waals surface area contributed by atoms with Crippen molar-refractivity contribution in [3.8, 4) is 0 Å². The number of hydrogen-bond acceptors (Lipinski definition) is 21. The van der Waals surface area contributed by atoms with Crippen molar-refractivity contribution in [2.75, 3.05) is 32.1 Å². The molecule has 3 fully saturated rings. The predicted octanol–water partition coefficient (Wildman–Crippen LogP) is -8.37. The fourth-order valence-electron chi connectivity index (χ4n) is 5.26. The molecule has 0 aromatic heterocycles. The SMILES string of the molecule is CCP(CC)(OC1(O)O[C@H](CO)[C@H](O)[C@H](O)[C@H]1N)(OC1(O)O[C@H](CO)[C@H](O)[C@H](O)[C@H]1N)OC1(O)O[C@H](CO)[C@H](O)[C@H](O)[C@H]1N. The van der Waals surface area contributed by atoms with Gasteiger partial charge in [0.05, 0.1) is 0 Å². The van der Waals surface area contributed by atoms with Gasteiger partial charge in [-0.25, -0.2) is 0 Å². The van der Waals surface area contributed by atoms with Gasteiger partial charge in [0.25, 0.3) is 0 Å². The van der Waals surface area contributed by atoms with Crippen molar-refractivity contribution in [3.05, 3.63) is 0 Å². The molecule has 21 nitrogen and oxygen atoms in total. The second-order valence-corrected chi connectivity index (χ2v) is 15.3. The predicted molar refractivity (Wildman–Crippen MR) is 142 cm³/mol. The number of aliphatic hydroxyl groups excluding tert-OH is 9. The Morgan fingerprint density at radius 1 is 0.523 bits per heavy atom. The first-order valence-corrected chi connectivity index (χ1v) is 16.1. The quantitative estimate of drug-likeness (QED) is 0.0716. The van der Waals surface area contributed by atoms with Crippen LogP contribution in [0, 0.1) is 0 Å². The van der Waals surface area contributed by atoms with Gasteiger partial charge in [-0.2, -0.15) is 0 Å². The Kier molecular flexibility index (Phi) is 11.4. The van der Waals surface area contributed by atoms with Crippen LogP contribution in [0.3, 0.4) is 0 Å². The maximum atomic E-state index is 11.6. The van der Waals surface area contributed by atoms with Gasteiger partial charge >= 0.3 is 251 Å². The van der Waals surface area contributed by atoms with Crippen molar-refractivity contribution < 1.29 is 89.1 Å². The number of ether oxygens (including phenoxy) is 3. The third kappa shape index (κ3) is 6.39. The molecule has 0 bridgehead atoms. The van der Waals surface area contributed by atoms with E-state index in [-0.39, 0.29) is 0 Å². The average molecular weight is 672 g/mol.